The van der Waals surface area contributed by atoms with Gasteiger partial charge in [-0.15, -0.1) is 0 Å². The van der Waals surface area contributed by atoms with Gasteiger partial charge in [-0.2, -0.15) is 0 Å². The zero-order chi connectivity index (χ0) is 9.23. The first-order valence-corrected chi connectivity index (χ1v) is 6.82. The van der Waals surface area contributed by atoms with E-state index in [0.29, 0.717) is 0 Å². The minimum atomic E-state index is 0.943. The van der Waals surface area contributed by atoms with Crippen molar-refractivity contribution in [3.8, 4) is 0 Å². The van der Waals surface area contributed by atoms with Crippen molar-refractivity contribution in [2.24, 2.45) is 27.6 Å². The van der Waals surface area contributed by atoms with Gasteiger partial charge >= 0.3 is 0 Å². The Morgan fingerprint density at radius 2 is 1.14 bits per heavy atom. The van der Waals surface area contributed by atoms with Gasteiger partial charge < -0.3 is 0 Å². The molecule has 0 N–H and O–H groups in total. The largest absolute Gasteiger partial charge is 0.0614 e. The van der Waals surface area contributed by atoms with Crippen LogP contribution in [0, 0.1) is 27.6 Å². The molecule has 0 aromatic carbocycles. The molecule has 6 saturated carbocycles. The van der Waals surface area contributed by atoms with Crippen molar-refractivity contribution in [2.45, 2.75) is 58.3 Å². The van der Waals surface area contributed by atoms with E-state index in [4.69, 9.17) is 0 Å². The lowest BCUT2D eigenvalue weighted by atomic mass is 9.37. The van der Waals surface area contributed by atoms with Crippen molar-refractivity contribution in [2.75, 3.05) is 0 Å². The molecular formula is C14H20. The normalized spacial score (nSPS) is 76.5. The quantitative estimate of drug-likeness (QED) is 0.543. The van der Waals surface area contributed by atoms with E-state index < -0.39 is 0 Å². The van der Waals surface area contributed by atoms with Crippen LogP contribution in [0.5, 0.6) is 0 Å². The van der Waals surface area contributed by atoms with Gasteiger partial charge in [-0.25, -0.2) is 0 Å². The number of hydrogen-bond acceptors (Lipinski definition) is 0. The SMILES string of the molecule is CC1C23CCCCC24C12CCCCC324. The molecule has 6 rings (SSSR count). The van der Waals surface area contributed by atoms with Crippen molar-refractivity contribution < 1.29 is 0 Å². The summed E-state index contributed by atoms with van der Waals surface area (Å²) in [4.78, 5) is 0. The fraction of sp³-hybridized carbons (Fsp3) is 1.00. The zero-order valence-electron chi connectivity index (χ0n) is 9.23. The molecule has 2 bridgehead atoms. The molecule has 0 heterocycles. The van der Waals surface area contributed by atoms with E-state index in [2.05, 4.69) is 6.92 Å². The third-order valence-corrected chi connectivity index (χ3v) is 7.87. The van der Waals surface area contributed by atoms with Crippen LogP contribution in [-0.2, 0) is 0 Å². The Hall–Kier alpha value is 0. The second-order valence-electron chi connectivity index (χ2n) is 6.89. The van der Waals surface area contributed by atoms with Crippen molar-refractivity contribution in [3.05, 3.63) is 0 Å². The van der Waals surface area contributed by atoms with Gasteiger partial charge in [-0.05, 0) is 53.3 Å². The summed E-state index contributed by atoms with van der Waals surface area (Å²) < 4.78 is 0. The van der Waals surface area contributed by atoms with E-state index >= 15 is 0 Å². The summed E-state index contributed by atoms with van der Waals surface area (Å²) in [5.74, 6) is 1.13. The molecule has 6 fully saturated rings. The lowest BCUT2D eigenvalue weighted by Gasteiger charge is -2.66. The molecule has 0 aromatic rings. The molecule has 0 aliphatic heterocycles. The summed E-state index contributed by atoms with van der Waals surface area (Å²) >= 11 is 0. The van der Waals surface area contributed by atoms with Crippen molar-refractivity contribution in [3.63, 3.8) is 0 Å². The molecule has 0 nitrogen and oxygen atoms in total. The molecular weight excluding hydrogens is 168 g/mol. The summed E-state index contributed by atoms with van der Waals surface area (Å²) in [5, 5.41) is 0. The molecule has 6 aliphatic rings. The van der Waals surface area contributed by atoms with Crippen LogP contribution in [0.3, 0.4) is 0 Å². The van der Waals surface area contributed by atoms with Crippen LogP contribution in [0.2, 0.25) is 0 Å². The topological polar surface area (TPSA) is 0 Å². The first kappa shape index (κ1) is 7.30. The highest BCUT2D eigenvalue weighted by molar-refractivity contribution is 5.66. The lowest BCUT2D eigenvalue weighted by molar-refractivity contribution is -0.192. The molecule has 0 unspecified atom stereocenters. The number of hydrogen-bond donors (Lipinski definition) is 0. The fourth-order valence-electron chi connectivity index (χ4n) is 8.27. The van der Waals surface area contributed by atoms with Gasteiger partial charge in [-0.1, -0.05) is 32.6 Å². The second-order valence-corrected chi connectivity index (χ2v) is 6.89. The van der Waals surface area contributed by atoms with Crippen LogP contribution in [0.25, 0.3) is 0 Å². The van der Waals surface area contributed by atoms with Crippen LogP contribution < -0.4 is 0 Å². The Kier molecular flexibility index (Phi) is 0.797. The van der Waals surface area contributed by atoms with Crippen molar-refractivity contribution in [1.29, 1.82) is 0 Å². The minimum absolute atomic E-state index is 0.943. The minimum Gasteiger partial charge on any atom is -0.0614 e. The van der Waals surface area contributed by atoms with E-state index in [1.54, 1.807) is 51.4 Å². The molecule has 0 atom stereocenters. The summed E-state index contributed by atoms with van der Waals surface area (Å²) in [5.41, 5.74) is 3.83. The Balaban J connectivity index is 1.71. The maximum Gasteiger partial charge on any atom is -0.00998 e. The Morgan fingerprint density at radius 1 is 0.714 bits per heavy atom. The summed E-state index contributed by atoms with van der Waals surface area (Å²) in [6.07, 6.45) is 12.8. The molecule has 0 radical (unpaired) electrons. The average Bonchev–Trinajstić information content (AvgIpc) is 2.96. The van der Waals surface area contributed by atoms with Gasteiger partial charge in [0.05, 0.1) is 0 Å². The van der Waals surface area contributed by atoms with E-state index in [1.807, 2.05) is 0 Å². The zero-order valence-corrected chi connectivity index (χ0v) is 9.23. The number of rotatable bonds is 0. The molecule has 6 aliphatic carbocycles. The van der Waals surface area contributed by atoms with Gasteiger partial charge in [0.2, 0.25) is 0 Å². The van der Waals surface area contributed by atoms with Crippen LogP contribution in [-0.4, -0.2) is 0 Å². The standard InChI is InChI=1S/C14H20/c1-10-11-6-2-4-8-13(11)12(10)7-3-5-9-14(11,12)13/h10H,2-9H2,1H3. The Morgan fingerprint density at radius 3 is 1.64 bits per heavy atom. The molecule has 0 heteroatoms. The van der Waals surface area contributed by atoms with E-state index in [-0.39, 0.29) is 0 Å². The van der Waals surface area contributed by atoms with E-state index in [1.165, 1.54) is 0 Å². The van der Waals surface area contributed by atoms with E-state index in [0.717, 1.165) is 27.6 Å². The van der Waals surface area contributed by atoms with Crippen molar-refractivity contribution in [1.82, 2.24) is 0 Å². The second kappa shape index (κ2) is 1.53. The lowest BCUT2D eigenvalue weighted by Crippen LogP contribution is -2.61. The van der Waals surface area contributed by atoms with Crippen LogP contribution in [0.15, 0.2) is 0 Å². The van der Waals surface area contributed by atoms with Gasteiger partial charge in [0.15, 0.2) is 0 Å². The van der Waals surface area contributed by atoms with Crippen LogP contribution >= 0.6 is 0 Å². The summed E-state index contributed by atoms with van der Waals surface area (Å²) in [7, 11) is 0. The predicted octanol–water partition coefficient (Wildman–Crippen LogP) is 3.76. The Labute approximate surface area is 86.5 Å². The first-order chi connectivity index (χ1) is 6.82. The molecule has 4 spiro atoms. The predicted molar refractivity (Wildman–Crippen MR) is 55.8 cm³/mol. The summed E-state index contributed by atoms with van der Waals surface area (Å²) in [6.45, 7) is 2.60. The highest BCUT2D eigenvalue weighted by atomic mass is 15.2. The highest BCUT2D eigenvalue weighted by Crippen LogP contribution is 3.24. The van der Waals surface area contributed by atoms with Crippen LogP contribution in [0.1, 0.15) is 58.3 Å². The average molecular weight is 188 g/mol. The third-order valence-electron chi connectivity index (χ3n) is 7.87. The monoisotopic (exact) mass is 188 g/mol. The smallest absolute Gasteiger partial charge is 0.00998 e. The fourth-order valence-corrected chi connectivity index (χ4v) is 8.27. The maximum absolute atomic E-state index is 2.60. The van der Waals surface area contributed by atoms with Crippen LogP contribution in [0.4, 0.5) is 0 Å². The van der Waals surface area contributed by atoms with Gasteiger partial charge in [0.25, 0.3) is 0 Å². The van der Waals surface area contributed by atoms with Crippen molar-refractivity contribution >= 4 is 0 Å². The van der Waals surface area contributed by atoms with Gasteiger partial charge in [0.1, 0.15) is 0 Å². The molecule has 14 heavy (non-hydrogen) atoms. The molecule has 0 aromatic heterocycles. The highest BCUT2D eigenvalue weighted by Gasteiger charge is 3.20. The summed E-state index contributed by atoms with van der Waals surface area (Å²) in [6, 6.07) is 0. The third kappa shape index (κ3) is 0.288. The first-order valence-electron chi connectivity index (χ1n) is 6.82. The molecule has 0 saturated heterocycles. The Bertz CT molecular complexity index is 309. The van der Waals surface area contributed by atoms with E-state index in [9.17, 15) is 0 Å². The maximum atomic E-state index is 2.60. The molecule has 76 valence electrons. The van der Waals surface area contributed by atoms with Gasteiger partial charge in [-0.3, -0.25) is 0 Å². The van der Waals surface area contributed by atoms with Gasteiger partial charge in [0, 0.05) is 0 Å². The molecule has 0 amide bonds.